The lowest BCUT2D eigenvalue weighted by molar-refractivity contribution is -0.138. The van der Waals surface area contributed by atoms with E-state index >= 15 is 0 Å². The number of nitrogens with zero attached hydrogens (tertiary/aromatic N) is 2. The molecule has 2 rings (SSSR count). The van der Waals surface area contributed by atoms with Gasteiger partial charge in [-0.3, -0.25) is 14.4 Å². The largest absolute Gasteiger partial charge is 0.335 e. The van der Waals surface area contributed by atoms with Crippen molar-refractivity contribution < 1.29 is 14.4 Å². The summed E-state index contributed by atoms with van der Waals surface area (Å²) in [6, 6.07) is 4.73. The minimum Gasteiger partial charge on any atom is -0.335 e. The summed E-state index contributed by atoms with van der Waals surface area (Å²) in [5, 5.41) is 3.36. The van der Waals surface area contributed by atoms with Gasteiger partial charge in [-0.25, -0.2) is 0 Å². The third-order valence-electron chi connectivity index (χ3n) is 3.16. The molecular formula is C14H15Cl2N3O3S. The van der Waals surface area contributed by atoms with Gasteiger partial charge in [0.05, 0.1) is 28.2 Å². The minimum absolute atomic E-state index is 0.0115. The first-order valence-electron chi connectivity index (χ1n) is 6.71. The van der Waals surface area contributed by atoms with E-state index in [4.69, 9.17) is 23.2 Å². The molecule has 1 aliphatic rings. The van der Waals surface area contributed by atoms with Crippen LogP contribution in [-0.2, 0) is 14.4 Å². The van der Waals surface area contributed by atoms with E-state index in [1.54, 1.807) is 12.1 Å². The molecule has 23 heavy (non-hydrogen) atoms. The van der Waals surface area contributed by atoms with Crippen LogP contribution in [0, 0.1) is 0 Å². The second-order valence-electron chi connectivity index (χ2n) is 5.00. The van der Waals surface area contributed by atoms with E-state index in [9.17, 15) is 14.4 Å². The standard InChI is InChI=1S/C14H15Cl2N3O3S/c1-18(13(21)6-19-8-23-7-14(19)22)5-12(20)17-9-2-3-10(15)11(16)4-9/h2-4H,5-8H2,1H3,(H,17,20). The fraction of sp³-hybridized carbons (Fsp3) is 0.357. The van der Waals surface area contributed by atoms with Gasteiger partial charge in [-0.1, -0.05) is 23.2 Å². The number of likely N-dealkylation sites (N-methyl/N-ethyl adjacent to an activating group) is 1. The number of halogens is 2. The van der Waals surface area contributed by atoms with Crippen LogP contribution in [0.5, 0.6) is 0 Å². The Balaban J connectivity index is 1.84. The van der Waals surface area contributed by atoms with Crippen LogP contribution in [0.3, 0.4) is 0 Å². The van der Waals surface area contributed by atoms with Crippen molar-refractivity contribution in [2.45, 2.75) is 0 Å². The number of carbonyl (C=O) groups excluding carboxylic acids is 3. The van der Waals surface area contributed by atoms with E-state index < -0.39 is 0 Å². The van der Waals surface area contributed by atoms with Gasteiger partial charge in [0.1, 0.15) is 6.54 Å². The van der Waals surface area contributed by atoms with E-state index in [0.717, 1.165) is 0 Å². The van der Waals surface area contributed by atoms with Crippen LogP contribution in [0.15, 0.2) is 18.2 Å². The number of carbonyl (C=O) groups is 3. The van der Waals surface area contributed by atoms with Gasteiger partial charge < -0.3 is 15.1 Å². The van der Waals surface area contributed by atoms with Crippen molar-refractivity contribution in [3.8, 4) is 0 Å². The number of benzene rings is 1. The van der Waals surface area contributed by atoms with Gasteiger partial charge in [0, 0.05) is 12.7 Å². The van der Waals surface area contributed by atoms with Crippen molar-refractivity contribution in [1.29, 1.82) is 0 Å². The SMILES string of the molecule is CN(CC(=O)Nc1ccc(Cl)c(Cl)c1)C(=O)CN1CSCC1=O. The van der Waals surface area contributed by atoms with Crippen molar-refractivity contribution in [3.63, 3.8) is 0 Å². The summed E-state index contributed by atoms with van der Waals surface area (Å²) >= 11 is 13.1. The van der Waals surface area contributed by atoms with E-state index in [2.05, 4.69) is 5.32 Å². The lowest BCUT2D eigenvalue weighted by Crippen LogP contribution is -2.42. The highest BCUT2D eigenvalue weighted by molar-refractivity contribution is 8.00. The zero-order valence-electron chi connectivity index (χ0n) is 12.3. The van der Waals surface area contributed by atoms with Gasteiger partial charge in [-0.15, -0.1) is 11.8 Å². The molecule has 3 amide bonds. The van der Waals surface area contributed by atoms with Crippen LogP contribution < -0.4 is 5.32 Å². The Bertz CT molecular complexity index is 642. The number of anilines is 1. The first kappa shape index (κ1) is 17.9. The lowest BCUT2D eigenvalue weighted by Gasteiger charge is -2.20. The summed E-state index contributed by atoms with van der Waals surface area (Å²) in [5.41, 5.74) is 0.497. The van der Waals surface area contributed by atoms with Crippen LogP contribution in [0.1, 0.15) is 0 Å². The molecule has 1 aliphatic heterocycles. The Kier molecular flexibility index (Phi) is 6.15. The predicted octanol–water partition coefficient (Wildman–Crippen LogP) is 1.92. The molecular weight excluding hydrogens is 361 g/mol. The summed E-state index contributed by atoms with van der Waals surface area (Å²) in [6.07, 6.45) is 0. The summed E-state index contributed by atoms with van der Waals surface area (Å²) < 4.78 is 0. The number of rotatable bonds is 5. The fourth-order valence-electron chi connectivity index (χ4n) is 1.90. The first-order valence-corrected chi connectivity index (χ1v) is 8.62. The smallest absolute Gasteiger partial charge is 0.243 e. The quantitative estimate of drug-likeness (QED) is 0.853. The highest BCUT2D eigenvalue weighted by atomic mass is 35.5. The van der Waals surface area contributed by atoms with Crippen LogP contribution in [0.4, 0.5) is 5.69 Å². The molecule has 1 saturated heterocycles. The number of hydrogen-bond acceptors (Lipinski definition) is 4. The molecule has 0 radical (unpaired) electrons. The zero-order chi connectivity index (χ0) is 17.0. The van der Waals surface area contributed by atoms with Gasteiger partial charge in [-0.2, -0.15) is 0 Å². The molecule has 0 spiro atoms. The third kappa shape index (κ3) is 5.02. The average Bonchev–Trinajstić information content (AvgIpc) is 2.88. The molecule has 6 nitrogen and oxygen atoms in total. The predicted molar refractivity (Wildman–Crippen MR) is 91.8 cm³/mol. The minimum atomic E-state index is -0.360. The van der Waals surface area contributed by atoms with Gasteiger partial charge in [0.2, 0.25) is 17.7 Å². The molecule has 0 atom stereocenters. The number of amides is 3. The van der Waals surface area contributed by atoms with E-state index in [-0.39, 0.29) is 30.8 Å². The lowest BCUT2D eigenvalue weighted by atomic mass is 10.3. The molecule has 1 fully saturated rings. The second kappa shape index (κ2) is 7.90. The van der Waals surface area contributed by atoms with Gasteiger partial charge >= 0.3 is 0 Å². The Morgan fingerprint density at radius 1 is 1.35 bits per heavy atom. The van der Waals surface area contributed by atoms with Crippen LogP contribution >= 0.6 is 35.0 Å². The van der Waals surface area contributed by atoms with Crippen molar-refractivity contribution in [3.05, 3.63) is 28.2 Å². The van der Waals surface area contributed by atoms with Crippen molar-refractivity contribution >= 4 is 58.4 Å². The van der Waals surface area contributed by atoms with Crippen molar-refractivity contribution in [1.82, 2.24) is 9.80 Å². The Hall–Kier alpha value is -1.44. The summed E-state index contributed by atoms with van der Waals surface area (Å²) in [5.74, 6) is 0.200. The normalized spacial score (nSPS) is 14.0. The number of nitrogens with one attached hydrogen (secondary N) is 1. The maximum absolute atomic E-state index is 12.0. The van der Waals surface area contributed by atoms with Crippen molar-refractivity contribution in [2.75, 3.05) is 37.1 Å². The molecule has 0 bridgehead atoms. The van der Waals surface area contributed by atoms with Gasteiger partial charge in [0.25, 0.3) is 0 Å². The van der Waals surface area contributed by atoms with Crippen LogP contribution in [-0.4, -0.2) is 59.3 Å². The molecule has 124 valence electrons. The molecule has 0 aliphatic carbocycles. The van der Waals surface area contributed by atoms with E-state index in [1.165, 1.54) is 34.7 Å². The zero-order valence-corrected chi connectivity index (χ0v) is 14.7. The van der Waals surface area contributed by atoms with Crippen LogP contribution in [0.2, 0.25) is 10.0 Å². The monoisotopic (exact) mass is 375 g/mol. The maximum Gasteiger partial charge on any atom is 0.243 e. The van der Waals surface area contributed by atoms with Gasteiger partial charge in [-0.05, 0) is 18.2 Å². The molecule has 9 heteroatoms. The molecule has 1 aromatic rings. The molecule has 1 N–H and O–H groups in total. The summed E-state index contributed by atoms with van der Waals surface area (Å²) in [7, 11) is 1.52. The summed E-state index contributed by atoms with van der Waals surface area (Å²) in [4.78, 5) is 38.2. The van der Waals surface area contributed by atoms with Crippen LogP contribution in [0.25, 0.3) is 0 Å². The Morgan fingerprint density at radius 3 is 2.70 bits per heavy atom. The third-order valence-corrected chi connectivity index (χ3v) is 4.85. The molecule has 1 aromatic carbocycles. The number of hydrogen-bond donors (Lipinski definition) is 1. The molecule has 0 saturated carbocycles. The van der Waals surface area contributed by atoms with E-state index in [1.807, 2.05) is 0 Å². The van der Waals surface area contributed by atoms with Crippen molar-refractivity contribution in [2.24, 2.45) is 0 Å². The highest BCUT2D eigenvalue weighted by Crippen LogP contribution is 2.24. The van der Waals surface area contributed by atoms with E-state index in [0.29, 0.717) is 27.4 Å². The highest BCUT2D eigenvalue weighted by Gasteiger charge is 2.24. The number of thioether (sulfide) groups is 1. The molecule has 1 heterocycles. The van der Waals surface area contributed by atoms with Gasteiger partial charge in [0.15, 0.2) is 0 Å². The first-order chi connectivity index (χ1) is 10.9. The molecule has 0 unspecified atom stereocenters. The topological polar surface area (TPSA) is 69.7 Å². The molecule has 0 aromatic heterocycles. The second-order valence-corrected chi connectivity index (χ2v) is 6.77. The maximum atomic E-state index is 12.0. The Morgan fingerprint density at radius 2 is 2.09 bits per heavy atom. The summed E-state index contributed by atoms with van der Waals surface area (Å²) in [6.45, 7) is -0.128. The Labute approximate surface area is 148 Å². The average molecular weight is 376 g/mol. The fourth-order valence-corrected chi connectivity index (χ4v) is 3.10.